The summed E-state index contributed by atoms with van der Waals surface area (Å²) in [7, 11) is 1.84. The van der Waals surface area contributed by atoms with Gasteiger partial charge in [-0.1, -0.05) is 19.3 Å². The van der Waals surface area contributed by atoms with Crippen LogP contribution < -0.4 is 5.73 Å². The third-order valence-corrected chi connectivity index (χ3v) is 4.65. The van der Waals surface area contributed by atoms with E-state index in [9.17, 15) is 0 Å². The Labute approximate surface area is 106 Å². The molecule has 2 rings (SSSR count). The topological polar surface area (TPSA) is 38.5 Å². The third kappa shape index (κ3) is 3.43. The van der Waals surface area contributed by atoms with Crippen LogP contribution in [0.5, 0.6) is 0 Å². The summed E-state index contributed by atoms with van der Waals surface area (Å²) in [5.74, 6) is 0.837. The molecule has 2 aliphatic rings. The van der Waals surface area contributed by atoms with Crippen molar-refractivity contribution in [1.82, 2.24) is 4.90 Å². The highest BCUT2D eigenvalue weighted by Crippen LogP contribution is 2.30. The lowest BCUT2D eigenvalue weighted by Crippen LogP contribution is -2.51. The molecule has 1 saturated heterocycles. The van der Waals surface area contributed by atoms with E-state index in [0.717, 1.165) is 19.0 Å². The summed E-state index contributed by atoms with van der Waals surface area (Å²) in [5, 5.41) is 0. The molecule has 1 heterocycles. The number of piperidine rings is 1. The van der Waals surface area contributed by atoms with E-state index in [2.05, 4.69) is 4.90 Å². The highest BCUT2D eigenvalue weighted by Gasteiger charge is 2.31. The first-order valence-electron chi connectivity index (χ1n) is 7.32. The van der Waals surface area contributed by atoms with Crippen LogP contribution in [0.25, 0.3) is 0 Å². The van der Waals surface area contributed by atoms with Crippen LogP contribution in [0.15, 0.2) is 0 Å². The third-order valence-electron chi connectivity index (χ3n) is 4.65. The summed E-state index contributed by atoms with van der Waals surface area (Å²) in [4.78, 5) is 2.60. The minimum atomic E-state index is 0.432. The molecule has 0 aromatic rings. The molecular weight excluding hydrogens is 212 g/mol. The molecule has 0 spiro atoms. The number of ether oxygens (including phenoxy) is 1. The van der Waals surface area contributed by atoms with Crippen molar-refractivity contribution in [3.8, 4) is 0 Å². The normalized spacial score (nSPS) is 30.4. The van der Waals surface area contributed by atoms with E-state index in [1.165, 1.54) is 51.5 Å². The maximum absolute atomic E-state index is 6.04. The molecule has 1 aliphatic carbocycles. The van der Waals surface area contributed by atoms with Gasteiger partial charge in [-0.2, -0.15) is 0 Å². The Hall–Kier alpha value is -0.120. The van der Waals surface area contributed by atoms with Crippen LogP contribution in [0.4, 0.5) is 0 Å². The standard InChI is InChI=1S/C14H28N2O/c1-17-13-8-5-9-16(11-13)14(10-15)12-6-3-2-4-7-12/h12-14H,2-11,15H2,1H3. The maximum Gasteiger partial charge on any atom is 0.0698 e. The second kappa shape index (κ2) is 6.72. The Morgan fingerprint density at radius 1 is 1.18 bits per heavy atom. The van der Waals surface area contributed by atoms with Crippen LogP contribution in [0.1, 0.15) is 44.9 Å². The van der Waals surface area contributed by atoms with Gasteiger partial charge in [0.25, 0.3) is 0 Å². The molecule has 3 heteroatoms. The molecule has 17 heavy (non-hydrogen) atoms. The van der Waals surface area contributed by atoms with Gasteiger partial charge in [-0.15, -0.1) is 0 Å². The van der Waals surface area contributed by atoms with Crippen molar-refractivity contribution >= 4 is 0 Å². The lowest BCUT2D eigenvalue weighted by Gasteiger charge is -2.42. The van der Waals surface area contributed by atoms with Gasteiger partial charge in [0.15, 0.2) is 0 Å². The Balaban J connectivity index is 1.91. The molecule has 1 saturated carbocycles. The monoisotopic (exact) mass is 240 g/mol. The van der Waals surface area contributed by atoms with E-state index in [0.29, 0.717) is 12.1 Å². The fourth-order valence-corrected chi connectivity index (χ4v) is 3.62. The number of rotatable bonds is 4. The summed E-state index contributed by atoms with van der Waals surface area (Å²) in [6.45, 7) is 3.13. The molecule has 0 aromatic carbocycles. The first-order chi connectivity index (χ1) is 8.35. The van der Waals surface area contributed by atoms with Crippen molar-refractivity contribution in [2.24, 2.45) is 11.7 Å². The van der Waals surface area contributed by atoms with Gasteiger partial charge < -0.3 is 10.5 Å². The lowest BCUT2D eigenvalue weighted by atomic mass is 9.82. The minimum absolute atomic E-state index is 0.432. The zero-order valence-corrected chi connectivity index (χ0v) is 11.2. The Bertz CT molecular complexity index is 216. The SMILES string of the molecule is COC1CCCN(C(CN)C2CCCCC2)C1. The zero-order chi connectivity index (χ0) is 12.1. The predicted octanol–water partition coefficient (Wildman–Crippen LogP) is 2.00. The largest absolute Gasteiger partial charge is 0.380 e. The number of hydrogen-bond donors (Lipinski definition) is 1. The van der Waals surface area contributed by atoms with Gasteiger partial charge in [0.1, 0.15) is 0 Å². The van der Waals surface area contributed by atoms with Gasteiger partial charge in [-0.3, -0.25) is 4.90 Å². The number of likely N-dealkylation sites (tertiary alicyclic amines) is 1. The Kier molecular flexibility index (Phi) is 5.26. The summed E-state index contributed by atoms with van der Waals surface area (Å²) in [5.41, 5.74) is 6.04. The van der Waals surface area contributed by atoms with Crippen molar-refractivity contribution in [2.75, 3.05) is 26.7 Å². The molecule has 3 nitrogen and oxygen atoms in total. The second-order valence-corrected chi connectivity index (χ2v) is 5.70. The quantitative estimate of drug-likeness (QED) is 0.817. The number of methoxy groups -OCH3 is 1. The summed E-state index contributed by atoms with van der Waals surface area (Å²) < 4.78 is 5.52. The fraction of sp³-hybridized carbons (Fsp3) is 1.00. The maximum atomic E-state index is 6.04. The van der Waals surface area contributed by atoms with Crippen LogP contribution in [0, 0.1) is 5.92 Å². The fourth-order valence-electron chi connectivity index (χ4n) is 3.62. The van der Waals surface area contributed by atoms with E-state index >= 15 is 0 Å². The van der Waals surface area contributed by atoms with E-state index in [4.69, 9.17) is 10.5 Å². The average molecular weight is 240 g/mol. The number of nitrogens with zero attached hydrogens (tertiary/aromatic N) is 1. The second-order valence-electron chi connectivity index (χ2n) is 5.70. The molecule has 1 aliphatic heterocycles. The van der Waals surface area contributed by atoms with Gasteiger partial charge in [-0.05, 0) is 38.1 Å². The van der Waals surface area contributed by atoms with Crippen LogP contribution in [0.2, 0.25) is 0 Å². The minimum Gasteiger partial charge on any atom is -0.380 e. The molecule has 2 N–H and O–H groups in total. The predicted molar refractivity (Wildman–Crippen MR) is 71.0 cm³/mol. The number of nitrogens with two attached hydrogens (primary N) is 1. The van der Waals surface area contributed by atoms with Gasteiger partial charge in [0.05, 0.1) is 6.10 Å². The molecule has 0 aromatic heterocycles. The zero-order valence-electron chi connectivity index (χ0n) is 11.2. The first kappa shape index (κ1) is 13.3. The van der Waals surface area contributed by atoms with Crippen molar-refractivity contribution in [3.63, 3.8) is 0 Å². The summed E-state index contributed by atoms with van der Waals surface area (Å²) in [6, 6.07) is 0.605. The van der Waals surface area contributed by atoms with Crippen molar-refractivity contribution in [1.29, 1.82) is 0 Å². The molecule has 100 valence electrons. The Morgan fingerprint density at radius 3 is 2.59 bits per heavy atom. The van der Waals surface area contributed by atoms with Gasteiger partial charge in [-0.25, -0.2) is 0 Å². The van der Waals surface area contributed by atoms with Crippen molar-refractivity contribution in [3.05, 3.63) is 0 Å². The molecule has 0 amide bonds. The highest BCUT2D eigenvalue weighted by molar-refractivity contribution is 4.86. The van der Waals surface area contributed by atoms with Crippen molar-refractivity contribution < 1.29 is 4.74 Å². The molecule has 0 bridgehead atoms. The van der Waals surface area contributed by atoms with Crippen LogP contribution in [-0.4, -0.2) is 43.8 Å². The van der Waals surface area contributed by atoms with Crippen LogP contribution >= 0.6 is 0 Å². The first-order valence-corrected chi connectivity index (χ1v) is 7.32. The van der Waals surface area contributed by atoms with Gasteiger partial charge in [0.2, 0.25) is 0 Å². The molecule has 2 atom stereocenters. The summed E-state index contributed by atoms with van der Waals surface area (Å²) in [6.07, 6.45) is 9.92. The van der Waals surface area contributed by atoms with E-state index in [-0.39, 0.29) is 0 Å². The highest BCUT2D eigenvalue weighted by atomic mass is 16.5. The van der Waals surface area contributed by atoms with Crippen molar-refractivity contribution in [2.45, 2.75) is 57.1 Å². The van der Waals surface area contributed by atoms with E-state index in [1.807, 2.05) is 7.11 Å². The molecular formula is C14H28N2O. The number of hydrogen-bond acceptors (Lipinski definition) is 3. The van der Waals surface area contributed by atoms with Gasteiger partial charge >= 0.3 is 0 Å². The smallest absolute Gasteiger partial charge is 0.0698 e. The lowest BCUT2D eigenvalue weighted by molar-refractivity contribution is 0.000590. The van der Waals surface area contributed by atoms with Crippen LogP contribution in [0.3, 0.4) is 0 Å². The molecule has 2 unspecified atom stereocenters. The van der Waals surface area contributed by atoms with Crippen LogP contribution in [-0.2, 0) is 4.74 Å². The Morgan fingerprint density at radius 2 is 1.94 bits per heavy atom. The molecule has 2 fully saturated rings. The average Bonchev–Trinajstić information content (AvgIpc) is 2.41. The van der Waals surface area contributed by atoms with E-state index in [1.54, 1.807) is 0 Å². The van der Waals surface area contributed by atoms with E-state index < -0.39 is 0 Å². The van der Waals surface area contributed by atoms with Gasteiger partial charge in [0, 0.05) is 26.2 Å². The molecule has 0 radical (unpaired) electrons. The summed E-state index contributed by atoms with van der Waals surface area (Å²) >= 11 is 0.